The molecule has 1 atom stereocenters. The Morgan fingerprint density at radius 2 is 1.82 bits per heavy atom. The highest BCUT2D eigenvalue weighted by Gasteiger charge is 2.20. The number of carbonyl (C=O) groups is 1. The third-order valence-electron chi connectivity index (χ3n) is 6.40. The van der Waals surface area contributed by atoms with E-state index < -0.39 is 27.6 Å². The van der Waals surface area contributed by atoms with Gasteiger partial charge in [0.05, 0.1) is 40.8 Å². The lowest BCUT2D eigenvalue weighted by atomic mass is 10.1. The Morgan fingerprint density at radius 3 is 2.41 bits per heavy atom. The highest BCUT2D eigenvalue weighted by molar-refractivity contribution is 7.91. The predicted octanol–water partition coefficient (Wildman–Crippen LogP) is 4.75. The molecule has 0 fully saturated rings. The number of hydrogen-bond donors (Lipinski definition) is 2. The van der Waals surface area contributed by atoms with E-state index >= 15 is 0 Å². The number of nitrogens with one attached hydrogen (secondary N) is 1. The number of rotatable bonds is 10. The van der Waals surface area contributed by atoms with Crippen molar-refractivity contribution in [1.82, 2.24) is 14.7 Å². The molecule has 0 radical (unpaired) electrons. The van der Waals surface area contributed by atoms with Crippen LogP contribution in [0.5, 0.6) is 5.75 Å². The van der Waals surface area contributed by atoms with Gasteiger partial charge < -0.3 is 19.6 Å². The molecule has 2 aromatic heterocycles. The predicted molar refractivity (Wildman–Crippen MR) is 147 cm³/mol. The summed E-state index contributed by atoms with van der Waals surface area (Å²) in [6.07, 6.45) is 2.22. The number of imidazole rings is 1. The van der Waals surface area contributed by atoms with Crippen molar-refractivity contribution < 1.29 is 27.4 Å². The minimum Gasteiger partial charge on any atom is -0.488 e. The number of hydrogen-bond acceptors (Lipinski definition) is 6. The Kier molecular flexibility index (Phi) is 8.36. The molecule has 0 aliphatic heterocycles. The molecule has 0 spiro atoms. The third kappa shape index (κ3) is 5.97. The minimum absolute atomic E-state index is 0.0168. The summed E-state index contributed by atoms with van der Waals surface area (Å²) in [5.41, 5.74) is 3.50. The number of amides is 1. The van der Waals surface area contributed by atoms with Crippen molar-refractivity contribution in [3.63, 3.8) is 0 Å². The van der Waals surface area contributed by atoms with Crippen molar-refractivity contribution in [2.75, 3.05) is 12.4 Å². The summed E-state index contributed by atoms with van der Waals surface area (Å²) in [6, 6.07) is 13.4. The first-order valence-corrected chi connectivity index (χ1v) is 14.4. The van der Waals surface area contributed by atoms with Gasteiger partial charge in [0.15, 0.2) is 21.4 Å². The number of nitrogens with zero attached hydrogens (tertiary/aromatic N) is 2. The van der Waals surface area contributed by atoms with Crippen LogP contribution >= 0.6 is 0 Å². The number of halogens is 1. The number of sulfone groups is 1. The van der Waals surface area contributed by atoms with Gasteiger partial charge in [0.25, 0.3) is 5.91 Å². The lowest BCUT2D eigenvalue weighted by Crippen LogP contribution is -2.30. The molecule has 0 unspecified atom stereocenters. The lowest BCUT2D eigenvalue weighted by Gasteiger charge is -2.17. The smallest absolute Gasteiger partial charge is 0.252 e. The maximum Gasteiger partial charge on any atom is 0.252 e. The molecule has 2 aromatic carbocycles. The van der Waals surface area contributed by atoms with E-state index in [1.54, 1.807) is 49.5 Å². The van der Waals surface area contributed by atoms with Crippen molar-refractivity contribution in [3.8, 4) is 17.0 Å². The van der Waals surface area contributed by atoms with Gasteiger partial charge >= 0.3 is 0 Å². The van der Waals surface area contributed by atoms with E-state index in [0.29, 0.717) is 34.5 Å². The Hall–Kier alpha value is -3.76. The van der Waals surface area contributed by atoms with E-state index in [9.17, 15) is 22.7 Å². The van der Waals surface area contributed by atoms with E-state index in [-0.39, 0.29) is 29.1 Å². The van der Waals surface area contributed by atoms with Crippen LogP contribution in [0.3, 0.4) is 0 Å². The molecule has 4 aromatic rings. The minimum atomic E-state index is -3.35. The molecule has 0 saturated heterocycles. The van der Waals surface area contributed by atoms with Crippen LogP contribution in [0.1, 0.15) is 55.4 Å². The number of pyridine rings is 1. The highest BCUT2D eigenvalue weighted by atomic mass is 32.2. The summed E-state index contributed by atoms with van der Waals surface area (Å²) >= 11 is 0. The Labute approximate surface area is 227 Å². The highest BCUT2D eigenvalue weighted by Crippen LogP contribution is 2.30. The van der Waals surface area contributed by atoms with Crippen LogP contribution in [0.4, 0.5) is 4.39 Å². The zero-order chi connectivity index (χ0) is 28.3. The number of aliphatic hydroxyl groups is 1. The number of benzene rings is 2. The Bertz CT molecular complexity index is 1600. The number of aromatic nitrogens is 2. The zero-order valence-corrected chi connectivity index (χ0v) is 23.1. The first kappa shape index (κ1) is 28.3. The van der Waals surface area contributed by atoms with Gasteiger partial charge in [0.1, 0.15) is 5.65 Å². The average molecular weight is 554 g/mol. The summed E-state index contributed by atoms with van der Waals surface area (Å²) in [4.78, 5) is 18.0. The molecule has 8 nitrogen and oxygen atoms in total. The maximum absolute atomic E-state index is 14.7. The number of aliphatic hydroxyl groups excluding tert-OH is 1. The second-order valence-electron chi connectivity index (χ2n) is 9.40. The summed E-state index contributed by atoms with van der Waals surface area (Å²) < 4.78 is 46.2. The quantitative estimate of drug-likeness (QED) is 0.293. The first-order chi connectivity index (χ1) is 18.6. The Balaban J connectivity index is 1.60. The molecule has 0 saturated carbocycles. The van der Waals surface area contributed by atoms with Gasteiger partial charge in [0, 0.05) is 17.3 Å². The lowest BCUT2D eigenvalue weighted by molar-refractivity contribution is 0.0916. The zero-order valence-electron chi connectivity index (χ0n) is 22.3. The number of ether oxygens (including phenoxy) is 1. The molecule has 1 amide bonds. The van der Waals surface area contributed by atoms with Crippen molar-refractivity contribution in [2.45, 2.75) is 51.2 Å². The van der Waals surface area contributed by atoms with E-state index in [0.717, 1.165) is 5.69 Å². The van der Waals surface area contributed by atoms with Crippen LogP contribution in [0, 0.1) is 5.82 Å². The van der Waals surface area contributed by atoms with Crippen LogP contribution in [0.2, 0.25) is 0 Å². The summed E-state index contributed by atoms with van der Waals surface area (Å²) in [5, 5.41) is 12.7. The molecule has 206 valence electrons. The topological polar surface area (TPSA) is 110 Å². The van der Waals surface area contributed by atoms with E-state index in [4.69, 9.17) is 9.72 Å². The van der Waals surface area contributed by atoms with Crippen LogP contribution in [0.25, 0.3) is 16.9 Å². The van der Waals surface area contributed by atoms with Crippen LogP contribution in [-0.2, 0) is 16.3 Å². The SMILES string of the molecule is CCc1c(-c2ccc(OC(C)C)c(F)c2)nc2cc(C(=O)N[C@@H](CO)c3ccc(S(=O)(=O)CC)cc3)ccn12. The van der Waals surface area contributed by atoms with Crippen LogP contribution in [0.15, 0.2) is 65.7 Å². The molecule has 39 heavy (non-hydrogen) atoms. The molecule has 2 heterocycles. The van der Waals surface area contributed by atoms with Gasteiger partial charge in [-0.05, 0) is 68.3 Å². The van der Waals surface area contributed by atoms with Crippen LogP contribution < -0.4 is 10.1 Å². The first-order valence-electron chi connectivity index (χ1n) is 12.8. The van der Waals surface area contributed by atoms with Crippen LogP contribution in [-0.4, -0.2) is 47.3 Å². The van der Waals surface area contributed by atoms with Crippen molar-refractivity contribution in [2.24, 2.45) is 0 Å². The standard InChI is InChI=1S/C29H32FN3O5S/c1-5-25-28(20-9-12-26(23(30)15-20)38-18(3)4)32-27-16-21(13-14-33(25)27)29(35)31-24(17-34)19-7-10-22(11-8-19)39(36,37)6-2/h7-16,18,24,34H,5-6,17H2,1-4H3,(H,31,35)/t24-/m0/s1. The van der Waals surface area contributed by atoms with Gasteiger partial charge in [-0.1, -0.05) is 26.0 Å². The fourth-order valence-corrected chi connectivity index (χ4v) is 5.24. The van der Waals surface area contributed by atoms with Gasteiger partial charge in [-0.3, -0.25) is 4.79 Å². The van der Waals surface area contributed by atoms with Gasteiger partial charge in [0.2, 0.25) is 0 Å². The van der Waals surface area contributed by atoms with Gasteiger partial charge in [-0.2, -0.15) is 0 Å². The average Bonchev–Trinajstić information content (AvgIpc) is 3.30. The molecule has 0 aliphatic carbocycles. The molecule has 10 heteroatoms. The molecule has 0 bridgehead atoms. The largest absolute Gasteiger partial charge is 0.488 e. The monoisotopic (exact) mass is 553 g/mol. The summed E-state index contributed by atoms with van der Waals surface area (Å²) in [5.74, 6) is -0.743. The number of fused-ring (bicyclic) bond motifs is 1. The Morgan fingerprint density at radius 1 is 1.10 bits per heavy atom. The second kappa shape index (κ2) is 11.5. The van der Waals surface area contributed by atoms with Crippen molar-refractivity contribution >= 4 is 21.4 Å². The normalized spacial score (nSPS) is 12.6. The van der Waals surface area contributed by atoms with E-state index in [1.807, 2.05) is 25.2 Å². The summed E-state index contributed by atoms with van der Waals surface area (Å²) in [6.45, 7) is 6.83. The maximum atomic E-state index is 14.7. The van der Waals surface area contributed by atoms with Gasteiger partial charge in [-0.25, -0.2) is 17.8 Å². The summed E-state index contributed by atoms with van der Waals surface area (Å²) in [7, 11) is -3.35. The van der Waals surface area contributed by atoms with Crippen molar-refractivity contribution in [1.29, 1.82) is 0 Å². The second-order valence-corrected chi connectivity index (χ2v) is 11.7. The number of aryl methyl sites for hydroxylation is 1. The van der Waals surface area contributed by atoms with Crippen molar-refractivity contribution in [3.05, 3.63) is 83.4 Å². The van der Waals surface area contributed by atoms with E-state index in [1.165, 1.54) is 18.2 Å². The molecular formula is C29H32FN3O5S. The fraction of sp³-hybridized carbons (Fsp3) is 0.310. The molecular weight excluding hydrogens is 521 g/mol. The molecule has 4 rings (SSSR count). The van der Waals surface area contributed by atoms with E-state index in [2.05, 4.69) is 5.32 Å². The van der Waals surface area contributed by atoms with Gasteiger partial charge in [-0.15, -0.1) is 0 Å². The number of carbonyl (C=O) groups excluding carboxylic acids is 1. The molecule has 2 N–H and O–H groups in total. The fourth-order valence-electron chi connectivity index (χ4n) is 4.35. The third-order valence-corrected chi connectivity index (χ3v) is 8.15. The molecule has 0 aliphatic rings.